The molecule has 0 spiro atoms. The summed E-state index contributed by atoms with van der Waals surface area (Å²) in [5.74, 6) is -0.141. The molecule has 152 valence electrons. The van der Waals surface area contributed by atoms with Gasteiger partial charge >= 0.3 is 5.97 Å². The van der Waals surface area contributed by atoms with Crippen LogP contribution in [0.2, 0.25) is 5.02 Å². The normalized spacial score (nSPS) is 10.6. The van der Waals surface area contributed by atoms with Crippen LogP contribution in [0.15, 0.2) is 77.9 Å². The molecule has 3 rings (SSSR count). The van der Waals surface area contributed by atoms with Crippen molar-refractivity contribution in [3.05, 3.63) is 94.5 Å². The van der Waals surface area contributed by atoms with Gasteiger partial charge in [-0.2, -0.15) is 5.10 Å². The maximum absolute atomic E-state index is 12.3. The number of carbonyl (C=O) groups excluding carboxylic acids is 2. The lowest BCUT2D eigenvalue weighted by Crippen LogP contribution is -2.17. The molecule has 0 radical (unpaired) electrons. The zero-order valence-electron chi connectivity index (χ0n) is 16.2. The number of esters is 1. The number of ether oxygens (including phenoxy) is 2. The molecule has 30 heavy (non-hydrogen) atoms. The molecule has 6 nitrogen and oxygen atoms in total. The van der Waals surface area contributed by atoms with Crippen LogP contribution in [0.25, 0.3) is 0 Å². The van der Waals surface area contributed by atoms with E-state index in [1.165, 1.54) is 6.21 Å². The first-order valence-electron chi connectivity index (χ1n) is 9.20. The van der Waals surface area contributed by atoms with Crippen molar-refractivity contribution in [2.24, 2.45) is 5.10 Å². The van der Waals surface area contributed by atoms with Gasteiger partial charge in [-0.25, -0.2) is 10.2 Å². The van der Waals surface area contributed by atoms with Crippen molar-refractivity contribution in [1.82, 2.24) is 5.43 Å². The molecule has 1 amide bonds. The van der Waals surface area contributed by atoms with Crippen molar-refractivity contribution < 1.29 is 19.1 Å². The lowest BCUT2D eigenvalue weighted by molar-refractivity contribution is 0.0728. The van der Waals surface area contributed by atoms with Crippen LogP contribution in [0.4, 0.5) is 0 Å². The van der Waals surface area contributed by atoms with Gasteiger partial charge in [0.25, 0.3) is 5.91 Å². The number of benzene rings is 3. The number of hydrazone groups is 1. The molecule has 0 aliphatic carbocycles. The number of hydrogen-bond donors (Lipinski definition) is 1. The monoisotopic (exact) mass is 422 g/mol. The number of halogens is 1. The highest BCUT2D eigenvalue weighted by Crippen LogP contribution is 2.29. The van der Waals surface area contributed by atoms with Gasteiger partial charge in [0, 0.05) is 10.6 Å². The minimum absolute atomic E-state index is 0.299. The van der Waals surface area contributed by atoms with Crippen molar-refractivity contribution >= 4 is 29.7 Å². The van der Waals surface area contributed by atoms with Gasteiger partial charge in [-0.05, 0) is 67.1 Å². The Bertz CT molecular complexity index is 1050. The molecule has 0 fully saturated rings. The summed E-state index contributed by atoms with van der Waals surface area (Å²) in [7, 11) is 0. The van der Waals surface area contributed by atoms with E-state index in [1.54, 1.807) is 66.7 Å². The molecule has 0 saturated carbocycles. The maximum atomic E-state index is 12.3. The first-order chi connectivity index (χ1) is 14.6. The summed E-state index contributed by atoms with van der Waals surface area (Å²) in [5, 5.41) is 4.51. The van der Waals surface area contributed by atoms with Crippen LogP contribution in [-0.4, -0.2) is 24.7 Å². The lowest BCUT2D eigenvalue weighted by Gasteiger charge is -2.11. The van der Waals surface area contributed by atoms with Gasteiger partial charge in [0.05, 0.1) is 18.4 Å². The highest BCUT2D eigenvalue weighted by atomic mass is 35.5. The summed E-state index contributed by atoms with van der Waals surface area (Å²) < 4.78 is 11.0. The molecule has 3 aromatic carbocycles. The predicted molar refractivity (Wildman–Crippen MR) is 116 cm³/mol. The standard InChI is InChI=1S/C23H19ClN2O4/c1-2-29-21-14-16(15-25-26-22(27)17-9-11-19(24)12-10-17)8-13-20(21)30-23(28)18-6-4-3-5-7-18/h3-15H,2H2,1H3,(H,26,27)/b25-15-. The van der Waals surface area contributed by atoms with Crippen molar-refractivity contribution in [2.45, 2.75) is 6.92 Å². The van der Waals surface area contributed by atoms with Crippen LogP contribution in [0.5, 0.6) is 11.5 Å². The summed E-state index contributed by atoms with van der Waals surface area (Å²) in [4.78, 5) is 24.4. The third-order valence-electron chi connectivity index (χ3n) is 3.97. The van der Waals surface area contributed by atoms with Crippen LogP contribution < -0.4 is 14.9 Å². The van der Waals surface area contributed by atoms with Crippen molar-refractivity contribution in [3.63, 3.8) is 0 Å². The molecule has 0 atom stereocenters. The van der Waals surface area contributed by atoms with E-state index in [-0.39, 0.29) is 5.91 Å². The first kappa shape index (κ1) is 21.1. The van der Waals surface area contributed by atoms with Gasteiger partial charge in [-0.15, -0.1) is 0 Å². The average Bonchev–Trinajstić information content (AvgIpc) is 2.76. The fraction of sp³-hybridized carbons (Fsp3) is 0.0870. The Kier molecular flexibility index (Phi) is 7.19. The average molecular weight is 423 g/mol. The number of hydrogen-bond acceptors (Lipinski definition) is 5. The van der Waals surface area contributed by atoms with Crippen LogP contribution in [0, 0.1) is 0 Å². The highest BCUT2D eigenvalue weighted by molar-refractivity contribution is 6.30. The fourth-order valence-electron chi connectivity index (χ4n) is 2.52. The summed E-state index contributed by atoms with van der Waals surface area (Å²) in [6, 6.07) is 20.2. The highest BCUT2D eigenvalue weighted by Gasteiger charge is 2.13. The van der Waals surface area contributed by atoms with E-state index in [9.17, 15) is 9.59 Å². The number of nitrogens with one attached hydrogen (secondary N) is 1. The Balaban J connectivity index is 1.69. The Morgan fingerprint density at radius 2 is 1.70 bits per heavy atom. The van der Waals surface area contributed by atoms with Crippen LogP contribution in [0.3, 0.4) is 0 Å². The molecule has 0 saturated heterocycles. The largest absolute Gasteiger partial charge is 0.490 e. The van der Waals surface area contributed by atoms with Crippen LogP contribution in [0.1, 0.15) is 33.2 Å². The molecule has 3 aromatic rings. The molecule has 0 aromatic heterocycles. The zero-order valence-corrected chi connectivity index (χ0v) is 16.9. The molecule has 0 bridgehead atoms. The molecule has 7 heteroatoms. The quantitative estimate of drug-likeness (QED) is 0.258. The summed E-state index contributed by atoms with van der Waals surface area (Å²) in [5.41, 5.74) is 3.99. The smallest absolute Gasteiger partial charge is 0.343 e. The van der Waals surface area contributed by atoms with E-state index in [0.717, 1.165) is 0 Å². The Hall–Kier alpha value is -3.64. The van der Waals surface area contributed by atoms with Gasteiger partial charge in [0.1, 0.15) is 0 Å². The second kappa shape index (κ2) is 10.2. The second-order valence-corrected chi connectivity index (χ2v) is 6.54. The van der Waals surface area contributed by atoms with Gasteiger partial charge < -0.3 is 9.47 Å². The van der Waals surface area contributed by atoms with Gasteiger partial charge in [-0.3, -0.25) is 4.79 Å². The molecular formula is C23H19ClN2O4. The van der Waals surface area contributed by atoms with Crippen molar-refractivity contribution in [1.29, 1.82) is 0 Å². The van der Waals surface area contributed by atoms with Gasteiger partial charge in [0.2, 0.25) is 0 Å². The molecule has 0 aliphatic heterocycles. The lowest BCUT2D eigenvalue weighted by atomic mass is 10.2. The summed E-state index contributed by atoms with van der Waals surface area (Å²) in [6.45, 7) is 2.22. The SMILES string of the molecule is CCOc1cc(/C=N\NC(=O)c2ccc(Cl)cc2)ccc1OC(=O)c1ccccc1. The van der Waals surface area contributed by atoms with Gasteiger partial charge in [0.15, 0.2) is 11.5 Å². The first-order valence-corrected chi connectivity index (χ1v) is 9.57. The Labute approximate surface area is 179 Å². The number of amides is 1. The molecular weight excluding hydrogens is 404 g/mol. The van der Waals surface area contributed by atoms with Gasteiger partial charge in [-0.1, -0.05) is 29.8 Å². The minimum atomic E-state index is -0.479. The van der Waals surface area contributed by atoms with E-state index >= 15 is 0 Å². The van der Waals surface area contributed by atoms with E-state index in [2.05, 4.69) is 10.5 Å². The van der Waals surface area contributed by atoms with E-state index in [0.29, 0.717) is 39.8 Å². The van der Waals surface area contributed by atoms with Crippen molar-refractivity contribution in [2.75, 3.05) is 6.61 Å². The van der Waals surface area contributed by atoms with E-state index in [4.69, 9.17) is 21.1 Å². The number of carbonyl (C=O) groups is 2. The minimum Gasteiger partial charge on any atom is -0.490 e. The van der Waals surface area contributed by atoms with Crippen LogP contribution in [-0.2, 0) is 0 Å². The topological polar surface area (TPSA) is 77.0 Å². The number of nitrogens with zero attached hydrogens (tertiary/aromatic N) is 1. The molecule has 1 N–H and O–H groups in total. The molecule has 0 aliphatic rings. The fourth-order valence-corrected chi connectivity index (χ4v) is 2.65. The van der Waals surface area contributed by atoms with Crippen LogP contribution >= 0.6 is 11.6 Å². The van der Waals surface area contributed by atoms with E-state index in [1.807, 2.05) is 13.0 Å². The second-order valence-electron chi connectivity index (χ2n) is 6.10. The molecule has 0 unspecified atom stereocenters. The third kappa shape index (κ3) is 5.68. The Morgan fingerprint density at radius 3 is 2.40 bits per heavy atom. The predicted octanol–water partition coefficient (Wildman–Crippen LogP) is 4.72. The van der Waals surface area contributed by atoms with E-state index < -0.39 is 5.97 Å². The zero-order chi connectivity index (χ0) is 21.3. The summed E-state index contributed by atoms with van der Waals surface area (Å²) in [6.07, 6.45) is 1.47. The third-order valence-corrected chi connectivity index (χ3v) is 4.22. The van der Waals surface area contributed by atoms with Crippen molar-refractivity contribution in [3.8, 4) is 11.5 Å². The molecule has 0 heterocycles. The maximum Gasteiger partial charge on any atom is 0.343 e. The Morgan fingerprint density at radius 1 is 0.967 bits per heavy atom. The number of rotatable bonds is 7. The summed E-state index contributed by atoms with van der Waals surface area (Å²) >= 11 is 5.82.